The molecule has 0 amide bonds. The lowest BCUT2D eigenvalue weighted by atomic mass is 9.83. The van der Waals surface area contributed by atoms with Crippen LogP contribution in [0.2, 0.25) is 0 Å². The smallest absolute Gasteiger partial charge is 0.118 e. The SMILES string of the molecule is COc1ccc(CNCC2CCC(C)CC2)cc1. The van der Waals surface area contributed by atoms with Crippen LogP contribution in [0.4, 0.5) is 0 Å². The predicted octanol–water partition coefficient (Wildman–Crippen LogP) is 3.61. The summed E-state index contributed by atoms with van der Waals surface area (Å²) in [5.74, 6) is 2.77. The second-order valence-corrected chi connectivity index (χ2v) is 5.60. The molecule has 0 atom stereocenters. The molecule has 2 nitrogen and oxygen atoms in total. The van der Waals surface area contributed by atoms with Crippen LogP contribution in [0.3, 0.4) is 0 Å². The van der Waals surface area contributed by atoms with Gasteiger partial charge in [0, 0.05) is 6.54 Å². The zero-order valence-electron chi connectivity index (χ0n) is 11.6. The van der Waals surface area contributed by atoms with E-state index in [1.807, 2.05) is 12.1 Å². The molecule has 0 saturated heterocycles. The van der Waals surface area contributed by atoms with E-state index in [2.05, 4.69) is 24.4 Å². The van der Waals surface area contributed by atoms with Gasteiger partial charge in [0.05, 0.1) is 7.11 Å². The number of rotatable bonds is 5. The molecule has 1 saturated carbocycles. The van der Waals surface area contributed by atoms with Crippen molar-refractivity contribution in [3.05, 3.63) is 29.8 Å². The Bertz CT molecular complexity index is 339. The standard InChI is InChI=1S/C16H25NO/c1-13-3-5-14(6-4-13)11-17-12-15-7-9-16(18-2)10-8-15/h7-10,13-14,17H,3-6,11-12H2,1-2H3. The maximum Gasteiger partial charge on any atom is 0.118 e. The lowest BCUT2D eigenvalue weighted by Gasteiger charge is -2.26. The molecular weight excluding hydrogens is 222 g/mol. The lowest BCUT2D eigenvalue weighted by molar-refractivity contribution is 0.281. The highest BCUT2D eigenvalue weighted by Gasteiger charge is 2.17. The molecule has 1 aliphatic carbocycles. The average molecular weight is 247 g/mol. The van der Waals surface area contributed by atoms with E-state index in [-0.39, 0.29) is 0 Å². The van der Waals surface area contributed by atoms with Crippen LogP contribution < -0.4 is 10.1 Å². The third-order valence-electron chi connectivity index (χ3n) is 4.06. The van der Waals surface area contributed by atoms with E-state index in [1.54, 1.807) is 7.11 Å². The van der Waals surface area contributed by atoms with Crippen LogP contribution in [0.1, 0.15) is 38.2 Å². The van der Waals surface area contributed by atoms with Gasteiger partial charge in [0.15, 0.2) is 0 Å². The van der Waals surface area contributed by atoms with E-state index in [0.717, 1.165) is 24.1 Å². The van der Waals surface area contributed by atoms with E-state index < -0.39 is 0 Å². The van der Waals surface area contributed by atoms with Gasteiger partial charge in [-0.1, -0.05) is 31.9 Å². The molecule has 2 heteroatoms. The van der Waals surface area contributed by atoms with Gasteiger partial charge in [-0.3, -0.25) is 0 Å². The minimum Gasteiger partial charge on any atom is -0.497 e. The van der Waals surface area contributed by atoms with Gasteiger partial charge in [-0.25, -0.2) is 0 Å². The zero-order chi connectivity index (χ0) is 12.8. The van der Waals surface area contributed by atoms with Gasteiger partial charge in [-0.2, -0.15) is 0 Å². The number of benzene rings is 1. The van der Waals surface area contributed by atoms with Crippen molar-refractivity contribution >= 4 is 0 Å². The van der Waals surface area contributed by atoms with E-state index in [9.17, 15) is 0 Å². The normalized spacial score (nSPS) is 23.9. The lowest BCUT2D eigenvalue weighted by Crippen LogP contribution is -2.25. The van der Waals surface area contributed by atoms with Crippen LogP contribution in [-0.2, 0) is 6.54 Å². The van der Waals surface area contributed by atoms with Crippen molar-refractivity contribution in [3.8, 4) is 5.75 Å². The second-order valence-electron chi connectivity index (χ2n) is 5.60. The summed E-state index contributed by atoms with van der Waals surface area (Å²) < 4.78 is 5.16. The summed E-state index contributed by atoms with van der Waals surface area (Å²) in [7, 11) is 1.71. The Morgan fingerprint density at radius 3 is 2.39 bits per heavy atom. The first-order valence-electron chi connectivity index (χ1n) is 7.11. The minimum absolute atomic E-state index is 0.888. The Morgan fingerprint density at radius 1 is 1.11 bits per heavy atom. The summed E-state index contributed by atoms with van der Waals surface area (Å²) in [6.45, 7) is 4.51. The maximum absolute atomic E-state index is 5.16. The monoisotopic (exact) mass is 247 g/mol. The summed E-state index contributed by atoms with van der Waals surface area (Å²) in [4.78, 5) is 0. The fraction of sp³-hybridized carbons (Fsp3) is 0.625. The Morgan fingerprint density at radius 2 is 1.78 bits per heavy atom. The van der Waals surface area contributed by atoms with Gasteiger partial charge < -0.3 is 10.1 Å². The van der Waals surface area contributed by atoms with Crippen molar-refractivity contribution in [1.29, 1.82) is 0 Å². The number of hydrogen-bond donors (Lipinski definition) is 1. The molecule has 1 aromatic carbocycles. The molecule has 0 aliphatic heterocycles. The number of nitrogens with one attached hydrogen (secondary N) is 1. The highest BCUT2D eigenvalue weighted by molar-refractivity contribution is 5.26. The molecule has 100 valence electrons. The van der Waals surface area contributed by atoms with Crippen molar-refractivity contribution in [2.24, 2.45) is 11.8 Å². The van der Waals surface area contributed by atoms with Crippen molar-refractivity contribution in [2.45, 2.75) is 39.2 Å². The first kappa shape index (κ1) is 13.4. The molecule has 0 radical (unpaired) electrons. The quantitative estimate of drug-likeness (QED) is 0.858. The average Bonchev–Trinajstić information content (AvgIpc) is 2.42. The van der Waals surface area contributed by atoms with E-state index in [0.29, 0.717) is 0 Å². The summed E-state index contributed by atoms with van der Waals surface area (Å²) in [6.07, 6.45) is 5.62. The summed E-state index contributed by atoms with van der Waals surface area (Å²) in [6, 6.07) is 8.32. The Hall–Kier alpha value is -1.02. The van der Waals surface area contributed by atoms with Crippen molar-refractivity contribution in [3.63, 3.8) is 0 Å². The Labute approximate surface area is 111 Å². The van der Waals surface area contributed by atoms with E-state index in [4.69, 9.17) is 4.74 Å². The third kappa shape index (κ3) is 4.02. The topological polar surface area (TPSA) is 21.3 Å². The van der Waals surface area contributed by atoms with E-state index >= 15 is 0 Å². The first-order chi connectivity index (χ1) is 8.78. The van der Waals surface area contributed by atoms with Crippen LogP contribution in [0.25, 0.3) is 0 Å². The fourth-order valence-corrected chi connectivity index (χ4v) is 2.70. The molecule has 1 aromatic rings. The Kier molecular flexibility index (Phi) is 5.06. The molecular formula is C16H25NO. The molecule has 0 heterocycles. The van der Waals surface area contributed by atoms with Crippen molar-refractivity contribution in [1.82, 2.24) is 5.32 Å². The van der Waals surface area contributed by atoms with Gasteiger partial charge in [-0.05, 0) is 48.9 Å². The van der Waals surface area contributed by atoms with Crippen LogP contribution in [0, 0.1) is 11.8 Å². The highest BCUT2D eigenvalue weighted by atomic mass is 16.5. The van der Waals surface area contributed by atoms with Crippen molar-refractivity contribution in [2.75, 3.05) is 13.7 Å². The van der Waals surface area contributed by atoms with Gasteiger partial charge in [0.2, 0.25) is 0 Å². The predicted molar refractivity (Wildman–Crippen MR) is 75.8 cm³/mol. The number of methoxy groups -OCH3 is 1. The van der Waals surface area contributed by atoms with Crippen LogP contribution >= 0.6 is 0 Å². The number of ether oxygens (including phenoxy) is 1. The fourth-order valence-electron chi connectivity index (χ4n) is 2.70. The molecule has 2 rings (SSSR count). The molecule has 0 spiro atoms. The molecule has 0 aromatic heterocycles. The van der Waals surface area contributed by atoms with Gasteiger partial charge >= 0.3 is 0 Å². The minimum atomic E-state index is 0.888. The molecule has 1 N–H and O–H groups in total. The van der Waals surface area contributed by atoms with Crippen LogP contribution in [-0.4, -0.2) is 13.7 Å². The summed E-state index contributed by atoms with van der Waals surface area (Å²) in [5.41, 5.74) is 1.33. The first-order valence-corrected chi connectivity index (χ1v) is 7.11. The van der Waals surface area contributed by atoms with Crippen LogP contribution in [0.5, 0.6) is 5.75 Å². The zero-order valence-corrected chi connectivity index (χ0v) is 11.6. The van der Waals surface area contributed by atoms with Crippen LogP contribution in [0.15, 0.2) is 24.3 Å². The largest absolute Gasteiger partial charge is 0.497 e. The maximum atomic E-state index is 5.16. The molecule has 1 fully saturated rings. The molecule has 1 aliphatic rings. The van der Waals surface area contributed by atoms with Gasteiger partial charge in [-0.15, -0.1) is 0 Å². The van der Waals surface area contributed by atoms with Gasteiger partial charge in [0.1, 0.15) is 5.75 Å². The third-order valence-corrected chi connectivity index (χ3v) is 4.06. The molecule has 18 heavy (non-hydrogen) atoms. The highest BCUT2D eigenvalue weighted by Crippen LogP contribution is 2.27. The Balaban J connectivity index is 1.68. The molecule has 0 unspecified atom stereocenters. The second kappa shape index (κ2) is 6.79. The van der Waals surface area contributed by atoms with Crippen molar-refractivity contribution < 1.29 is 4.74 Å². The summed E-state index contributed by atoms with van der Waals surface area (Å²) >= 11 is 0. The number of hydrogen-bond acceptors (Lipinski definition) is 2. The van der Waals surface area contributed by atoms with Gasteiger partial charge in [0.25, 0.3) is 0 Å². The molecule has 0 bridgehead atoms. The van der Waals surface area contributed by atoms with E-state index in [1.165, 1.54) is 37.8 Å². The summed E-state index contributed by atoms with van der Waals surface area (Å²) in [5, 5.41) is 3.58.